The third kappa shape index (κ3) is 2.73. The Morgan fingerprint density at radius 3 is 2.68 bits per heavy atom. The number of anilines is 1. The van der Waals surface area contributed by atoms with Gasteiger partial charge in [-0.25, -0.2) is 4.98 Å². The van der Waals surface area contributed by atoms with Crippen LogP contribution in [0, 0.1) is 0 Å². The fourth-order valence-corrected chi connectivity index (χ4v) is 2.91. The highest BCUT2D eigenvalue weighted by molar-refractivity contribution is 6.00. The summed E-state index contributed by atoms with van der Waals surface area (Å²) in [6.07, 6.45) is 5.35. The van der Waals surface area contributed by atoms with Crippen molar-refractivity contribution in [1.29, 1.82) is 0 Å². The molecule has 0 spiro atoms. The quantitative estimate of drug-likeness (QED) is 0.599. The van der Waals surface area contributed by atoms with E-state index >= 15 is 0 Å². The van der Waals surface area contributed by atoms with Crippen molar-refractivity contribution < 1.29 is 0 Å². The first-order chi connectivity index (χ1) is 12.1. The number of pyridine rings is 2. The Labute approximate surface area is 145 Å². The Balaban J connectivity index is 1.87. The molecule has 0 saturated heterocycles. The first-order valence-corrected chi connectivity index (χ1v) is 8.18. The van der Waals surface area contributed by atoms with E-state index in [4.69, 9.17) is 0 Å². The van der Waals surface area contributed by atoms with E-state index in [1.807, 2.05) is 36.0 Å². The van der Waals surface area contributed by atoms with Gasteiger partial charge >= 0.3 is 0 Å². The Hall–Kier alpha value is -3.22. The summed E-state index contributed by atoms with van der Waals surface area (Å²) in [7, 11) is 1.92. The second kappa shape index (κ2) is 6.01. The number of nitrogens with one attached hydrogen (secondary N) is 2. The van der Waals surface area contributed by atoms with Crippen LogP contribution in [-0.4, -0.2) is 36.0 Å². The highest BCUT2D eigenvalue weighted by atomic mass is 15.3. The summed E-state index contributed by atoms with van der Waals surface area (Å²) in [6.45, 7) is 4.17. The highest BCUT2D eigenvalue weighted by Crippen LogP contribution is 2.31. The maximum absolute atomic E-state index is 4.52. The van der Waals surface area contributed by atoms with Crippen LogP contribution in [0.2, 0.25) is 0 Å². The third-order valence-corrected chi connectivity index (χ3v) is 4.02. The van der Waals surface area contributed by atoms with E-state index in [-0.39, 0.29) is 6.04 Å². The maximum atomic E-state index is 4.52. The molecule has 7 nitrogen and oxygen atoms in total. The van der Waals surface area contributed by atoms with Crippen LogP contribution >= 0.6 is 0 Å². The zero-order valence-corrected chi connectivity index (χ0v) is 14.4. The van der Waals surface area contributed by atoms with Crippen molar-refractivity contribution in [2.75, 3.05) is 5.32 Å². The van der Waals surface area contributed by atoms with E-state index in [2.05, 4.69) is 44.4 Å². The minimum absolute atomic E-state index is 0.273. The number of aryl methyl sites for hydroxylation is 1. The standard InChI is InChI=1S/C18H19N7/c1-11(2)22-18-16-13(5-8-20-18)23-24-17(16)14-10-12(4-7-19-14)15-6-9-21-25(15)3/h4-11H,1-3H3,(H,20,22)(H,23,24). The van der Waals surface area contributed by atoms with Crippen LogP contribution in [0.1, 0.15) is 13.8 Å². The van der Waals surface area contributed by atoms with Crippen molar-refractivity contribution in [1.82, 2.24) is 29.9 Å². The monoisotopic (exact) mass is 333 g/mol. The van der Waals surface area contributed by atoms with Crippen LogP contribution < -0.4 is 5.32 Å². The minimum Gasteiger partial charge on any atom is -0.367 e. The van der Waals surface area contributed by atoms with Crippen molar-refractivity contribution in [3.05, 3.63) is 42.9 Å². The molecule has 4 aromatic heterocycles. The first kappa shape index (κ1) is 15.3. The van der Waals surface area contributed by atoms with Gasteiger partial charge in [-0.05, 0) is 38.1 Å². The van der Waals surface area contributed by atoms with E-state index in [1.54, 1.807) is 18.6 Å². The van der Waals surface area contributed by atoms with Crippen LogP contribution in [0.4, 0.5) is 5.82 Å². The fraction of sp³-hybridized carbons (Fsp3) is 0.222. The number of rotatable bonds is 4. The molecule has 0 aliphatic heterocycles. The molecular formula is C18H19N7. The number of aromatic amines is 1. The van der Waals surface area contributed by atoms with Crippen molar-refractivity contribution in [2.45, 2.75) is 19.9 Å². The molecule has 0 amide bonds. The summed E-state index contributed by atoms with van der Waals surface area (Å²) in [6, 6.07) is 8.17. The molecule has 0 fully saturated rings. The van der Waals surface area contributed by atoms with Crippen LogP contribution in [0.3, 0.4) is 0 Å². The molecule has 0 atom stereocenters. The van der Waals surface area contributed by atoms with Gasteiger partial charge < -0.3 is 5.32 Å². The molecule has 25 heavy (non-hydrogen) atoms. The lowest BCUT2D eigenvalue weighted by atomic mass is 10.1. The predicted molar refractivity (Wildman–Crippen MR) is 98.1 cm³/mol. The zero-order chi connectivity index (χ0) is 17.4. The summed E-state index contributed by atoms with van der Waals surface area (Å²) in [5, 5.41) is 16.1. The van der Waals surface area contributed by atoms with E-state index in [1.165, 1.54) is 0 Å². The van der Waals surface area contributed by atoms with Crippen LogP contribution in [-0.2, 0) is 7.05 Å². The zero-order valence-electron chi connectivity index (χ0n) is 14.4. The van der Waals surface area contributed by atoms with Crippen molar-refractivity contribution in [3.8, 4) is 22.6 Å². The Morgan fingerprint density at radius 1 is 1.08 bits per heavy atom. The molecule has 126 valence electrons. The van der Waals surface area contributed by atoms with Gasteiger partial charge in [0.2, 0.25) is 0 Å². The van der Waals surface area contributed by atoms with Crippen LogP contribution in [0.25, 0.3) is 33.5 Å². The summed E-state index contributed by atoms with van der Waals surface area (Å²) in [5.74, 6) is 0.809. The van der Waals surface area contributed by atoms with Crippen LogP contribution in [0.15, 0.2) is 42.9 Å². The molecule has 0 saturated carbocycles. The third-order valence-electron chi connectivity index (χ3n) is 4.02. The van der Waals surface area contributed by atoms with Gasteiger partial charge in [0, 0.05) is 37.2 Å². The summed E-state index contributed by atoms with van der Waals surface area (Å²) in [5.41, 5.74) is 4.59. The second-order valence-corrected chi connectivity index (χ2v) is 6.22. The van der Waals surface area contributed by atoms with Crippen molar-refractivity contribution in [2.24, 2.45) is 7.05 Å². The molecule has 0 aliphatic rings. The number of fused-ring (bicyclic) bond motifs is 1. The van der Waals surface area contributed by atoms with Crippen molar-refractivity contribution in [3.63, 3.8) is 0 Å². The van der Waals surface area contributed by atoms with Gasteiger partial charge in [-0.3, -0.25) is 14.8 Å². The predicted octanol–water partition coefficient (Wildman–Crippen LogP) is 3.24. The number of H-pyrrole nitrogens is 1. The fourth-order valence-electron chi connectivity index (χ4n) is 2.91. The molecule has 0 aliphatic carbocycles. The first-order valence-electron chi connectivity index (χ1n) is 8.18. The molecule has 4 rings (SSSR count). The normalized spacial score (nSPS) is 11.4. The van der Waals surface area contributed by atoms with E-state index in [0.29, 0.717) is 0 Å². The van der Waals surface area contributed by atoms with Gasteiger partial charge in [-0.15, -0.1) is 0 Å². The summed E-state index contributed by atoms with van der Waals surface area (Å²) in [4.78, 5) is 9.00. The Kier molecular flexibility index (Phi) is 3.68. The maximum Gasteiger partial charge on any atom is 0.137 e. The van der Waals surface area contributed by atoms with Crippen LogP contribution in [0.5, 0.6) is 0 Å². The summed E-state index contributed by atoms with van der Waals surface area (Å²) < 4.78 is 1.84. The van der Waals surface area contributed by atoms with E-state index in [0.717, 1.165) is 39.4 Å². The number of nitrogens with zero attached hydrogens (tertiary/aromatic N) is 5. The van der Waals surface area contributed by atoms with Crippen molar-refractivity contribution >= 4 is 16.7 Å². The number of hydrogen-bond donors (Lipinski definition) is 2. The molecule has 2 N–H and O–H groups in total. The van der Waals surface area contributed by atoms with Gasteiger partial charge in [0.05, 0.1) is 22.3 Å². The molecule has 0 radical (unpaired) electrons. The molecule has 0 unspecified atom stereocenters. The minimum atomic E-state index is 0.273. The van der Waals surface area contributed by atoms with E-state index in [9.17, 15) is 0 Å². The molecule has 0 bridgehead atoms. The lowest BCUT2D eigenvalue weighted by Crippen LogP contribution is -2.11. The summed E-state index contributed by atoms with van der Waals surface area (Å²) >= 11 is 0. The molecule has 0 aromatic carbocycles. The van der Waals surface area contributed by atoms with Gasteiger partial charge in [0.25, 0.3) is 0 Å². The van der Waals surface area contributed by atoms with Gasteiger partial charge in [0.1, 0.15) is 11.5 Å². The van der Waals surface area contributed by atoms with E-state index < -0.39 is 0 Å². The number of hydrogen-bond acceptors (Lipinski definition) is 5. The highest BCUT2D eigenvalue weighted by Gasteiger charge is 2.16. The average molecular weight is 333 g/mol. The SMILES string of the molecule is CC(C)Nc1nccc2[nH]nc(-c3cc(-c4ccnn4C)ccn3)c12. The Bertz CT molecular complexity index is 1030. The van der Waals surface area contributed by atoms with Gasteiger partial charge in [-0.2, -0.15) is 10.2 Å². The smallest absolute Gasteiger partial charge is 0.137 e. The van der Waals surface area contributed by atoms with Gasteiger partial charge in [-0.1, -0.05) is 0 Å². The molecule has 4 aromatic rings. The largest absolute Gasteiger partial charge is 0.367 e. The number of aromatic nitrogens is 6. The molecular weight excluding hydrogens is 314 g/mol. The average Bonchev–Trinajstić information content (AvgIpc) is 3.21. The Morgan fingerprint density at radius 2 is 1.92 bits per heavy atom. The second-order valence-electron chi connectivity index (χ2n) is 6.22. The lowest BCUT2D eigenvalue weighted by molar-refractivity contribution is 0.776. The molecule has 4 heterocycles. The topological polar surface area (TPSA) is 84.3 Å². The lowest BCUT2D eigenvalue weighted by Gasteiger charge is -2.10. The molecule has 7 heteroatoms. The van der Waals surface area contributed by atoms with Gasteiger partial charge in [0.15, 0.2) is 0 Å².